The number of hydrogen-bond acceptors (Lipinski definition) is 7. The van der Waals surface area contributed by atoms with E-state index in [9.17, 15) is 18.3 Å². The third-order valence-electron chi connectivity index (χ3n) is 5.05. The summed E-state index contributed by atoms with van der Waals surface area (Å²) in [6, 6.07) is 18.3. The number of carbonyl (C=O) groups is 1. The van der Waals surface area contributed by atoms with Gasteiger partial charge in [0.05, 0.1) is 28.9 Å². The average Bonchev–Trinajstić information content (AvgIpc) is 2.83. The molecular weight excluding hydrogens is 494 g/mol. The minimum Gasteiger partial charge on any atom is -0.505 e. The molecule has 9 nitrogen and oxygen atoms in total. The van der Waals surface area contributed by atoms with Crippen molar-refractivity contribution >= 4 is 55.5 Å². The number of halogens is 1. The van der Waals surface area contributed by atoms with E-state index in [1.807, 2.05) is 0 Å². The first kappa shape index (κ1) is 24.1. The second-order valence-electron chi connectivity index (χ2n) is 7.31. The number of aromatic hydroxyl groups is 1. The molecule has 4 rings (SSSR count). The molecule has 0 saturated heterocycles. The average molecular weight is 512 g/mol. The molecule has 0 aromatic heterocycles. The van der Waals surface area contributed by atoms with E-state index in [2.05, 4.69) is 15.5 Å². The lowest BCUT2D eigenvalue weighted by atomic mass is 10.0. The fourth-order valence-electron chi connectivity index (χ4n) is 3.35. The standard InChI is InChI=1S/C24H18ClN3O6S/c1-34-21-11-6-15(25)13-20(21)26-24(30)19-12-14-4-2-3-5-18(14)22(23(19)29)28-27-16-7-9-17(10-8-16)35(31,32)33/h2-13,29H,1H3,(H,26,30)(H,31,32,33). The van der Waals surface area contributed by atoms with Crippen LogP contribution in [0.2, 0.25) is 5.02 Å². The molecule has 3 N–H and O–H groups in total. The van der Waals surface area contributed by atoms with E-state index < -0.39 is 21.8 Å². The predicted molar refractivity (Wildman–Crippen MR) is 132 cm³/mol. The van der Waals surface area contributed by atoms with Crippen LogP contribution in [-0.2, 0) is 10.1 Å². The van der Waals surface area contributed by atoms with Gasteiger partial charge in [0.15, 0.2) is 5.75 Å². The van der Waals surface area contributed by atoms with Crippen LogP contribution in [-0.4, -0.2) is 31.1 Å². The number of phenols is 1. The Morgan fingerprint density at radius 3 is 2.40 bits per heavy atom. The molecule has 0 aliphatic rings. The van der Waals surface area contributed by atoms with Crippen molar-refractivity contribution in [3.05, 3.63) is 83.4 Å². The number of nitrogens with one attached hydrogen (secondary N) is 1. The molecule has 178 valence electrons. The van der Waals surface area contributed by atoms with Gasteiger partial charge in [0, 0.05) is 10.4 Å². The van der Waals surface area contributed by atoms with Gasteiger partial charge < -0.3 is 15.2 Å². The molecule has 4 aromatic rings. The number of fused-ring (bicyclic) bond motifs is 1. The Hall–Kier alpha value is -3.99. The van der Waals surface area contributed by atoms with Crippen molar-refractivity contribution in [2.45, 2.75) is 4.90 Å². The van der Waals surface area contributed by atoms with Crippen LogP contribution in [0.1, 0.15) is 10.4 Å². The van der Waals surface area contributed by atoms with Crippen molar-refractivity contribution in [3.63, 3.8) is 0 Å². The molecule has 0 aliphatic carbocycles. The highest BCUT2D eigenvalue weighted by Crippen LogP contribution is 2.40. The van der Waals surface area contributed by atoms with Gasteiger partial charge >= 0.3 is 0 Å². The zero-order valence-electron chi connectivity index (χ0n) is 18.1. The highest BCUT2D eigenvalue weighted by atomic mass is 35.5. The van der Waals surface area contributed by atoms with E-state index in [0.717, 1.165) is 0 Å². The maximum Gasteiger partial charge on any atom is 0.294 e. The van der Waals surface area contributed by atoms with Crippen molar-refractivity contribution in [1.29, 1.82) is 0 Å². The topological polar surface area (TPSA) is 138 Å². The molecule has 11 heteroatoms. The normalized spacial score (nSPS) is 11.6. The predicted octanol–water partition coefficient (Wildman–Crippen LogP) is 6.12. The Kier molecular flexibility index (Phi) is 6.70. The second kappa shape index (κ2) is 9.71. The van der Waals surface area contributed by atoms with Gasteiger partial charge in [-0.05, 0) is 53.9 Å². The smallest absolute Gasteiger partial charge is 0.294 e. The molecule has 0 atom stereocenters. The number of phenolic OH excluding ortho intramolecular Hbond substituents is 1. The highest BCUT2D eigenvalue weighted by molar-refractivity contribution is 7.85. The van der Waals surface area contributed by atoms with Crippen LogP contribution in [0, 0.1) is 0 Å². The van der Waals surface area contributed by atoms with Crippen LogP contribution < -0.4 is 10.1 Å². The third kappa shape index (κ3) is 5.24. The summed E-state index contributed by atoms with van der Waals surface area (Å²) in [4.78, 5) is 12.8. The van der Waals surface area contributed by atoms with Gasteiger partial charge in [-0.3, -0.25) is 9.35 Å². The van der Waals surface area contributed by atoms with Crippen LogP contribution >= 0.6 is 11.6 Å². The van der Waals surface area contributed by atoms with E-state index in [1.54, 1.807) is 36.4 Å². The first-order chi connectivity index (χ1) is 16.7. The molecule has 0 spiro atoms. The Morgan fingerprint density at radius 2 is 1.71 bits per heavy atom. The number of hydrogen-bond donors (Lipinski definition) is 3. The van der Waals surface area contributed by atoms with Crippen LogP contribution in [0.4, 0.5) is 17.1 Å². The number of ether oxygens (including phenoxy) is 1. The lowest BCUT2D eigenvalue weighted by Gasteiger charge is -2.13. The van der Waals surface area contributed by atoms with Crippen LogP contribution in [0.3, 0.4) is 0 Å². The largest absolute Gasteiger partial charge is 0.505 e. The van der Waals surface area contributed by atoms with E-state index in [-0.39, 0.29) is 21.8 Å². The molecule has 0 radical (unpaired) electrons. The first-order valence-electron chi connectivity index (χ1n) is 10.1. The summed E-state index contributed by atoms with van der Waals surface area (Å²) in [5.74, 6) is -0.639. The van der Waals surface area contributed by atoms with Gasteiger partial charge in [0.25, 0.3) is 16.0 Å². The summed E-state index contributed by atoms with van der Waals surface area (Å²) in [5, 5.41) is 23.4. The Morgan fingerprint density at radius 1 is 1.00 bits per heavy atom. The van der Waals surface area contributed by atoms with Crippen molar-refractivity contribution in [3.8, 4) is 11.5 Å². The lowest BCUT2D eigenvalue weighted by Crippen LogP contribution is -2.13. The molecule has 0 heterocycles. The lowest BCUT2D eigenvalue weighted by molar-refractivity contribution is 0.102. The van der Waals surface area contributed by atoms with Gasteiger partial charge in [-0.25, -0.2) is 0 Å². The van der Waals surface area contributed by atoms with Crippen LogP contribution in [0.25, 0.3) is 10.8 Å². The van der Waals surface area contributed by atoms with Gasteiger partial charge in [0.1, 0.15) is 11.4 Å². The fourth-order valence-corrected chi connectivity index (χ4v) is 4.00. The summed E-state index contributed by atoms with van der Waals surface area (Å²) >= 11 is 6.04. The number of anilines is 1. The fraction of sp³-hybridized carbons (Fsp3) is 0.0417. The number of carbonyl (C=O) groups excluding carboxylic acids is 1. The Labute approximate surface area is 205 Å². The zero-order chi connectivity index (χ0) is 25.2. The minimum atomic E-state index is -4.34. The van der Waals surface area contributed by atoms with Gasteiger partial charge in [0.2, 0.25) is 0 Å². The third-order valence-corrected chi connectivity index (χ3v) is 6.15. The minimum absolute atomic E-state index is 0.0464. The monoisotopic (exact) mass is 511 g/mol. The Bertz CT molecular complexity index is 1570. The number of methoxy groups -OCH3 is 1. The molecule has 0 saturated carbocycles. The number of nitrogens with zero attached hydrogens (tertiary/aromatic N) is 2. The summed E-state index contributed by atoms with van der Waals surface area (Å²) in [5.41, 5.74) is 0.575. The molecule has 1 amide bonds. The van der Waals surface area contributed by atoms with Crippen molar-refractivity contribution in [2.75, 3.05) is 12.4 Å². The first-order valence-corrected chi connectivity index (χ1v) is 11.9. The number of amides is 1. The Balaban J connectivity index is 1.75. The molecule has 4 aromatic carbocycles. The molecule has 0 aliphatic heterocycles. The molecule has 0 fully saturated rings. The second-order valence-corrected chi connectivity index (χ2v) is 9.17. The quantitative estimate of drug-likeness (QED) is 0.210. The molecule has 35 heavy (non-hydrogen) atoms. The molecular formula is C24H18ClN3O6S. The van der Waals surface area contributed by atoms with E-state index in [0.29, 0.717) is 27.2 Å². The highest BCUT2D eigenvalue weighted by Gasteiger charge is 2.20. The number of benzene rings is 4. The maximum absolute atomic E-state index is 13.1. The van der Waals surface area contributed by atoms with Crippen molar-refractivity contribution in [1.82, 2.24) is 0 Å². The van der Waals surface area contributed by atoms with Crippen LogP contribution in [0.15, 0.2) is 87.9 Å². The van der Waals surface area contributed by atoms with E-state index in [1.165, 1.54) is 43.5 Å². The summed E-state index contributed by atoms with van der Waals surface area (Å²) < 4.78 is 36.8. The summed E-state index contributed by atoms with van der Waals surface area (Å²) in [6.45, 7) is 0. The summed E-state index contributed by atoms with van der Waals surface area (Å²) in [6.07, 6.45) is 0. The maximum atomic E-state index is 13.1. The van der Waals surface area contributed by atoms with Gasteiger partial charge in [-0.1, -0.05) is 35.9 Å². The van der Waals surface area contributed by atoms with Crippen LogP contribution in [0.5, 0.6) is 11.5 Å². The SMILES string of the molecule is COc1ccc(Cl)cc1NC(=O)c1cc2ccccc2c(N=Nc2ccc(S(=O)(=O)O)cc2)c1O. The summed E-state index contributed by atoms with van der Waals surface area (Å²) in [7, 11) is -2.89. The molecule has 0 bridgehead atoms. The number of rotatable bonds is 6. The number of azo groups is 1. The van der Waals surface area contributed by atoms with Crippen molar-refractivity contribution in [2.24, 2.45) is 10.2 Å². The van der Waals surface area contributed by atoms with Gasteiger partial charge in [-0.2, -0.15) is 13.5 Å². The van der Waals surface area contributed by atoms with E-state index in [4.69, 9.17) is 20.9 Å². The van der Waals surface area contributed by atoms with E-state index >= 15 is 0 Å². The zero-order valence-corrected chi connectivity index (χ0v) is 19.7. The molecule has 0 unspecified atom stereocenters. The van der Waals surface area contributed by atoms with Gasteiger partial charge in [-0.15, -0.1) is 5.11 Å². The van der Waals surface area contributed by atoms with Crippen molar-refractivity contribution < 1.29 is 27.6 Å².